The maximum Gasteiger partial charge on any atom is 0.317 e. The van der Waals surface area contributed by atoms with Gasteiger partial charge in [0.05, 0.1) is 12.1 Å². The van der Waals surface area contributed by atoms with E-state index in [-0.39, 0.29) is 19.2 Å². The molecule has 2 aromatic heterocycles. The molecule has 0 bridgehead atoms. The SMILES string of the molecule is O=C(Cc1csc(-c2ccsc2)n1)Oc1ccc2c(c1)OCO2. The van der Waals surface area contributed by atoms with E-state index < -0.39 is 0 Å². The van der Waals surface area contributed by atoms with E-state index in [4.69, 9.17) is 14.2 Å². The van der Waals surface area contributed by atoms with Gasteiger partial charge in [0.1, 0.15) is 10.8 Å². The molecule has 1 aliphatic heterocycles. The molecule has 0 unspecified atom stereocenters. The molecule has 7 heteroatoms. The smallest absolute Gasteiger partial charge is 0.317 e. The van der Waals surface area contributed by atoms with Crippen LogP contribution in [0.25, 0.3) is 10.6 Å². The lowest BCUT2D eigenvalue weighted by molar-refractivity contribution is -0.133. The van der Waals surface area contributed by atoms with Gasteiger partial charge in [0.2, 0.25) is 6.79 Å². The maximum atomic E-state index is 12.1. The first-order valence-electron chi connectivity index (χ1n) is 6.85. The summed E-state index contributed by atoms with van der Waals surface area (Å²) in [6.45, 7) is 0.191. The lowest BCUT2D eigenvalue weighted by Gasteiger charge is -2.04. The molecular formula is C16H11NO4S2. The van der Waals surface area contributed by atoms with Crippen LogP contribution < -0.4 is 14.2 Å². The fraction of sp³-hybridized carbons (Fsp3) is 0.125. The third-order valence-corrected chi connectivity index (χ3v) is 4.84. The monoisotopic (exact) mass is 345 g/mol. The minimum absolute atomic E-state index is 0.134. The second kappa shape index (κ2) is 6.02. The van der Waals surface area contributed by atoms with E-state index in [2.05, 4.69) is 4.98 Å². The first-order valence-corrected chi connectivity index (χ1v) is 8.67. The second-order valence-electron chi connectivity index (χ2n) is 4.82. The van der Waals surface area contributed by atoms with Gasteiger partial charge in [-0.1, -0.05) is 0 Å². The van der Waals surface area contributed by atoms with Gasteiger partial charge < -0.3 is 14.2 Å². The molecule has 0 amide bonds. The van der Waals surface area contributed by atoms with Crippen molar-refractivity contribution in [3.8, 4) is 27.8 Å². The Hall–Kier alpha value is -2.38. The minimum atomic E-state index is -0.356. The molecule has 0 fully saturated rings. The van der Waals surface area contributed by atoms with Gasteiger partial charge in [-0.2, -0.15) is 11.3 Å². The lowest BCUT2D eigenvalue weighted by atomic mass is 10.3. The van der Waals surface area contributed by atoms with Crippen molar-refractivity contribution in [2.24, 2.45) is 0 Å². The highest BCUT2D eigenvalue weighted by Crippen LogP contribution is 2.35. The van der Waals surface area contributed by atoms with Gasteiger partial charge in [0, 0.05) is 22.4 Å². The van der Waals surface area contributed by atoms with Crippen LogP contribution >= 0.6 is 22.7 Å². The molecule has 1 aromatic carbocycles. The number of carbonyl (C=O) groups excluding carboxylic acids is 1. The molecular weight excluding hydrogens is 334 g/mol. The van der Waals surface area contributed by atoms with E-state index in [0.29, 0.717) is 22.9 Å². The van der Waals surface area contributed by atoms with E-state index in [1.165, 1.54) is 11.3 Å². The molecule has 116 valence electrons. The van der Waals surface area contributed by atoms with Gasteiger partial charge in [-0.3, -0.25) is 4.79 Å². The number of thiophene rings is 1. The van der Waals surface area contributed by atoms with Gasteiger partial charge in [-0.15, -0.1) is 11.3 Å². The summed E-state index contributed by atoms with van der Waals surface area (Å²) in [6, 6.07) is 7.07. The van der Waals surface area contributed by atoms with E-state index in [1.54, 1.807) is 29.5 Å². The molecule has 23 heavy (non-hydrogen) atoms. The van der Waals surface area contributed by atoms with Crippen molar-refractivity contribution in [1.82, 2.24) is 4.98 Å². The van der Waals surface area contributed by atoms with Gasteiger partial charge in [-0.25, -0.2) is 4.98 Å². The average molecular weight is 345 g/mol. The molecule has 0 spiro atoms. The molecule has 0 atom stereocenters. The van der Waals surface area contributed by atoms with E-state index in [0.717, 1.165) is 10.6 Å². The van der Waals surface area contributed by atoms with Crippen molar-refractivity contribution in [2.45, 2.75) is 6.42 Å². The second-order valence-corrected chi connectivity index (χ2v) is 6.46. The lowest BCUT2D eigenvalue weighted by Crippen LogP contribution is -2.11. The summed E-state index contributed by atoms with van der Waals surface area (Å²) in [6.07, 6.45) is 0.134. The van der Waals surface area contributed by atoms with E-state index in [1.807, 2.05) is 22.2 Å². The number of thiazole rings is 1. The molecule has 0 saturated heterocycles. The quantitative estimate of drug-likeness (QED) is 0.532. The Morgan fingerprint density at radius 2 is 2.13 bits per heavy atom. The first kappa shape index (κ1) is 14.2. The Labute approximate surface area is 140 Å². The van der Waals surface area contributed by atoms with Crippen LogP contribution in [0.4, 0.5) is 0 Å². The summed E-state index contributed by atoms with van der Waals surface area (Å²) in [5.74, 6) is 1.33. The summed E-state index contributed by atoms with van der Waals surface area (Å²) in [7, 11) is 0. The van der Waals surface area contributed by atoms with Gasteiger partial charge in [0.15, 0.2) is 11.5 Å². The molecule has 4 rings (SSSR count). The van der Waals surface area contributed by atoms with E-state index in [9.17, 15) is 4.79 Å². The number of esters is 1. The Bertz CT molecular complexity index is 842. The summed E-state index contributed by atoms with van der Waals surface area (Å²) >= 11 is 3.15. The average Bonchev–Trinajstić information content (AvgIpc) is 3.27. The van der Waals surface area contributed by atoms with Crippen LogP contribution in [0.15, 0.2) is 40.4 Å². The number of ether oxygens (including phenoxy) is 3. The Morgan fingerprint density at radius 3 is 3.00 bits per heavy atom. The summed E-state index contributed by atoms with van der Waals surface area (Å²) < 4.78 is 15.8. The molecule has 1 aliphatic rings. The molecule has 0 aliphatic carbocycles. The molecule has 0 saturated carbocycles. The zero-order valence-corrected chi connectivity index (χ0v) is 13.5. The van der Waals surface area contributed by atoms with Gasteiger partial charge in [-0.05, 0) is 23.6 Å². The number of hydrogen-bond donors (Lipinski definition) is 0. The van der Waals surface area contributed by atoms with Crippen molar-refractivity contribution < 1.29 is 19.0 Å². The van der Waals surface area contributed by atoms with Crippen molar-refractivity contribution in [2.75, 3.05) is 6.79 Å². The zero-order valence-electron chi connectivity index (χ0n) is 11.9. The summed E-state index contributed by atoms with van der Waals surface area (Å²) in [4.78, 5) is 16.5. The number of hydrogen-bond acceptors (Lipinski definition) is 7. The summed E-state index contributed by atoms with van der Waals surface area (Å²) in [5, 5.41) is 6.84. The fourth-order valence-corrected chi connectivity index (χ4v) is 3.69. The number of aromatic nitrogens is 1. The van der Waals surface area contributed by atoms with Crippen LogP contribution in [0.1, 0.15) is 5.69 Å². The fourth-order valence-electron chi connectivity index (χ4n) is 2.16. The van der Waals surface area contributed by atoms with Crippen molar-refractivity contribution in [1.29, 1.82) is 0 Å². The molecule has 3 aromatic rings. The number of rotatable bonds is 4. The highest BCUT2D eigenvalue weighted by molar-refractivity contribution is 7.14. The maximum absolute atomic E-state index is 12.1. The van der Waals surface area contributed by atoms with Crippen LogP contribution in [-0.2, 0) is 11.2 Å². The van der Waals surface area contributed by atoms with Gasteiger partial charge in [0.25, 0.3) is 0 Å². The highest BCUT2D eigenvalue weighted by Gasteiger charge is 2.16. The van der Waals surface area contributed by atoms with Crippen LogP contribution in [0.3, 0.4) is 0 Å². The van der Waals surface area contributed by atoms with Crippen molar-refractivity contribution in [3.63, 3.8) is 0 Å². The highest BCUT2D eigenvalue weighted by atomic mass is 32.1. The Morgan fingerprint density at radius 1 is 1.22 bits per heavy atom. The minimum Gasteiger partial charge on any atom is -0.454 e. The van der Waals surface area contributed by atoms with Crippen LogP contribution in [0.2, 0.25) is 0 Å². The van der Waals surface area contributed by atoms with Crippen molar-refractivity contribution in [3.05, 3.63) is 46.1 Å². The topological polar surface area (TPSA) is 57.7 Å². The van der Waals surface area contributed by atoms with Crippen LogP contribution in [0, 0.1) is 0 Å². The Kier molecular flexibility index (Phi) is 3.72. The van der Waals surface area contributed by atoms with E-state index >= 15 is 0 Å². The zero-order chi connectivity index (χ0) is 15.6. The molecule has 0 N–H and O–H groups in total. The Balaban J connectivity index is 1.42. The molecule has 5 nitrogen and oxygen atoms in total. The van der Waals surface area contributed by atoms with Crippen LogP contribution in [-0.4, -0.2) is 17.7 Å². The first-order chi connectivity index (χ1) is 11.3. The van der Waals surface area contributed by atoms with Crippen molar-refractivity contribution >= 4 is 28.6 Å². The predicted octanol–water partition coefficient (Wildman–Crippen LogP) is 3.75. The molecule has 3 heterocycles. The van der Waals surface area contributed by atoms with Crippen LogP contribution in [0.5, 0.6) is 17.2 Å². The number of fused-ring (bicyclic) bond motifs is 1. The third kappa shape index (κ3) is 3.06. The number of carbonyl (C=O) groups is 1. The number of nitrogens with zero attached hydrogens (tertiary/aromatic N) is 1. The standard InChI is InChI=1S/C16H11NO4S2/c18-15(21-12-1-2-13-14(6-12)20-9-19-13)5-11-8-23-16(17-11)10-3-4-22-7-10/h1-4,6-8H,5,9H2. The molecule has 0 radical (unpaired) electrons. The summed E-state index contributed by atoms with van der Waals surface area (Å²) in [5.41, 5.74) is 1.79. The third-order valence-electron chi connectivity index (χ3n) is 3.22. The van der Waals surface area contributed by atoms with Gasteiger partial charge >= 0.3 is 5.97 Å². The number of benzene rings is 1. The normalized spacial score (nSPS) is 12.3. The predicted molar refractivity (Wildman–Crippen MR) is 87.3 cm³/mol. The largest absolute Gasteiger partial charge is 0.454 e.